The Kier molecular flexibility index (Phi) is 5.78. The van der Waals surface area contributed by atoms with Gasteiger partial charge in [-0.25, -0.2) is 0 Å². The first kappa shape index (κ1) is 16.0. The molecule has 1 aliphatic rings. The van der Waals surface area contributed by atoms with Gasteiger partial charge in [0, 0.05) is 6.54 Å². The Labute approximate surface area is 128 Å². The predicted octanol–water partition coefficient (Wildman–Crippen LogP) is 3.27. The Bertz CT molecular complexity index is 465. The van der Waals surface area contributed by atoms with Gasteiger partial charge in [-0.1, -0.05) is 43.7 Å². The molecule has 0 radical (unpaired) electrons. The highest BCUT2D eigenvalue weighted by Crippen LogP contribution is 2.24. The molecule has 2 N–H and O–H groups in total. The van der Waals surface area contributed by atoms with Gasteiger partial charge in [-0.2, -0.15) is 5.26 Å². The molecular weight excluding hydrogens is 258 g/mol. The first-order chi connectivity index (χ1) is 10.2. The molecule has 0 amide bonds. The average Bonchev–Trinajstić information content (AvgIpc) is 2.78. The molecule has 2 atom stereocenters. The van der Waals surface area contributed by atoms with Crippen LogP contribution in [-0.4, -0.2) is 24.5 Å². The second-order valence-electron chi connectivity index (χ2n) is 6.25. The van der Waals surface area contributed by atoms with Crippen LogP contribution in [-0.2, 0) is 5.54 Å². The second-order valence-corrected chi connectivity index (χ2v) is 6.25. The topological polar surface area (TPSA) is 53.0 Å². The van der Waals surface area contributed by atoms with Crippen LogP contribution in [0.2, 0.25) is 0 Å². The first-order valence-electron chi connectivity index (χ1n) is 8.16. The number of hydrogen-bond acceptors (Lipinski definition) is 3. The zero-order valence-corrected chi connectivity index (χ0v) is 13.1. The smallest absolute Gasteiger partial charge is 0.131 e. The normalized spacial score (nSPS) is 23.0. The summed E-state index contributed by atoms with van der Waals surface area (Å²) in [6.45, 7) is 5.49. The summed E-state index contributed by atoms with van der Waals surface area (Å²) in [5.74, 6) is 0.878. The van der Waals surface area contributed by atoms with Crippen LogP contribution in [0.1, 0.15) is 44.6 Å². The average molecular weight is 285 g/mol. The maximum Gasteiger partial charge on any atom is 0.131 e. The maximum absolute atomic E-state index is 9.51. The van der Waals surface area contributed by atoms with Gasteiger partial charge in [0.15, 0.2) is 0 Å². The third-order valence-electron chi connectivity index (χ3n) is 4.83. The van der Waals surface area contributed by atoms with E-state index in [0.29, 0.717) is 6.42 Å². The first-order valence-corrected chi connectivity index (χ1v) is 8.16. The number of benzene rings is 1. The monoisotopic (exact) mass is 285 g/mol. The molecule has 1 aromatic carbocycles. The third-order valence-corrected chi connectivity index (χ3v) is 4.83. The van der Waals surface area contributed by atoms with Crippen molar-refractivity contribution in [2.75, 3.05) is 19.6 Å². The Hall–Kier alpha value is -1.37. The second kappa shape index (κ2) is 7.59. The summed E-state index contributed by atoms with van der Waals surface area (Å²) in [4.78, 5) is 2.48. The zero-order chi connectivity index (χ0) is 15.1. The number of hydrogen-bond donors (Lipinski definition) is 1. The van der Waals surface area contributed by atoms with E-state index < -0.39 is 5.54 Å². The molecule has 1 aliphatic heterocycles. The van der Waals surface area contributed by atoms with E-state index in [4.69, 9.17) is 5.73 Å². The minimum Gasteiger partial charge on any atom is -0.310 e. The van der Waals surface area contributed by atoms with Crippen LogP contribution < -0.4 is 5.73 Å². The lowest BCUT2D eigenvalue weighted by Gasteiger charge is -2.27. The lowest BCUT2D eigenvalue weighted by atomic mass is 9.89. The van der Waals surface area contributed by atoms with Gasteiger partial charge in [0.25, 0.3) is 0 Å². The molecule has 1 saturated heterocycles. The van der Waals surface area contributed by atoms with Crippen molar-refractivity contribution >= 4 is 0 Å². The summed E-state index contributed by atoms with van der Waals surface area (Å²) in [6, 6.07) is 12.1. The Morgan fingerprint density at radius 1 is 1.29 bits per heavy atom. The molecule has 3 heteroatoms. The van der Waals surface area contributed by atoms with Gasteiger partial charge in [0.1, 0.15) is 5.54 Å². The van der Waals surface area contributed by atoms with Gasteiger partial charge >= 0.3 is 0 Å². The van der Waals surface area contributed by atoms with Gasteiger partial charge in [-0.3, -0.25) is 0 Å². The molecule has 1 aromatic rings. The lowest BCUT2D eigenvalue weighted by molar-refractivity contribution is 0.258. The molecule has 0 saturated carbocycles. The van der Waals surface area contributed by atoms with Crippen LogP contribution in [0.15, 0.2) is 30.3 Å². The van der Waals surface area contributed by atoms with E-state index in [9.17, 15) is 5.26 Å². The summed E-state index contributed by atoms with van der Waals surface area (Å²) >= 11 is 0. The molecule has 21 heavy (non-hydrogen) atoms. The molecule has 114 valence electrons. The minimum absolute atomic E-state index is 0.699. The Balaban J connectivity index is 1.93. The molecule has 0 aromatic heterocycles. The zero-order valence-electron chi connectivity index (χ0n) is 13.1. The van der Waals surface area contributed by atoms with E-state index >= 15 is 0 Å². The van der Waals surface area contributed by atoms with Gasteiger partial charge in [-0.05, 0) is 50.3 Å². The number of nitrogens with zero attached hydrogens (tertiary/aromatic N) is 2. The molecule has 1 fully saturated rings. The summed E-state index contributed by atoms with van der Waals surface area (Å²) in [5.41, 5.74) is 6.40. The van der Waals surface area contributed by atoms with Crippen LogP contribution in [0.5, 0.6) is 0 Å². The summed E-state index contributed by atoms with van der Waals surface area (Å²) < 4.78 is 0. The fourth-order valence-corrected chi connectivity index (χ4v) is 3.19. The molecule has 1 heterocycles. The van der Waals surface area contributed by atoms with Crippen molar-refractivity contribution in [2.24, 2.45) is 11.7 Å². The number of likely N-dealkylation sites (tertiary alicyclic amines) is 1. The molecule has 2 rings (SSSR count). The number of nitrogens with two attached hydrogens (primary N) is 1. The van der Waals surface area contributed by atoms with Crippen molar-refractivity contribution in [2.45, 2.75) is 44.6 Å². The highest BCUT2D eigenvalue weighted by molar-refractivity contribution is 5.30. The fraction of sp³-hybridized carbons (Fsp3) is 0.611. The van der Waals surface area contributed by atoms with Crippen molar-refractivity contribution in [1.82, 2.24) is 4.90 Å². The number of nitriles is 1. The number of rotatable bonds is 5. The van der Waals surface area contributed by atoms with Gasteiger partial charge in [0.05, 0.1) is 6.07 Å². The SMILES string of the molecule is CCC1CCCN(CCC(N)(C#N)c2ccccc2)CC1. The quantitative estimate of drug-likeness (QED) is 0.903. The van der Waals surface area contributed by atoms with Crippen molar-refractivity contribution in [3.8, 4) is 6.07 Å². The highest BCUT2D eigenvalue weighted by atomic mass is 15.1. The maximum atomic E-state index is 9.51. The molecular formula is C18H27N3. The van der Waals surface area contributed by atoms with Crippen molar-refractivity contribution < 1.29 is 0 Å². The third kappa shape index (κ3) is 4.30. The Morgan fingerprint density at radius 2 is 2.05 bits per heavy atom. The standard InChI is InChI=1S/C18H27N3/c1-2-16-7-6-12-21(13-10-16)14-11-18(20,15-19)17-8-4-3-5-9-17/h3-5,8-9,16H,2,6-7,10-14,20H2,1H3. The lowest BCUT2D eigenvalue weighted by Crippen LogP contribution is -2.39. The van der Waals surface area contributed by atoms with Crippen LogP contribution in [0.25, 0.3) is 0 Å². The van der Waals surface area contributed by atoms with Crippen LogP contribution in [0.4, 0.5) is 0 Å². The summed E-state index contributed by atoms with van der Waals surface area (Å²) in [6.07, 6.45) is 5.89. The van der Waals surface area contributed by atoms with E-state index in [1.807, 2.05) is 30.3 Å². The summed E-state index contributed by atoms with van der Waals surface area (Å²) in [7, 11) is 0. The summed E-state index contributed by atoms with van der Waals surface area (Å²) in [5, 5.41) is 9.51. The minimum atomic E-state index is -0.863. The van der Waals surface area contributed by atoms with E-state index in [1.165, 1.54) is 25.7 Å². The van der Waals surface area contributed by atoms with Crippen LogP contribution in [0.3, 0.4) is 0 Å². The van der Waals surface area contributed by atoms with Gasteiger partial charge in [-0.15, -0.1) is 0 Å². The van der Waals surface area contributed by atoms with Crippen molar-refractivity contribution in [3.63, 3.8) is 0 Å². The van der Waals surface area contributed by atoms with E-state index in [1.54, 1.807) is 0 Å². The van der Waals surface area contributed by atoms with Crippen molar-refractivity contribution in [3.05, 3.63) is 35.9 Å². The van der Waals surface area contributed by atoms with Gasteiger partial charge < -0.3 is 10.6 Å². The predicted molar refractivity (Wildman–Crippen MR) is 86.6 cm³/mol. The van der Waals surface area contributed by atoms with Crippen molar-refractivity contribution in [1.29, 1.82) is 5.26 Å². The molecule has 0 aliphatic carbocycles. The van der Waals surface area contributed by atoms with E-state index in [2.05, 4.69) is 17.9 Å². The van der Waals surface area contributed by atoms with Gasteiger partial charge in [0.2, 0.25) is 0 Å². The largest absolute Gasteiger partial charge is 0.310 e. The molecule has 3 nitrogen and oxygen atoms in total. The highest BCUT2D eigenvalue weighted by Gasteiger charge is 2.28. The Morgan fingerprint density at radius 3 is 2.71 bits per heavy atom. The van der Waals surface area contributed by atoms with E-state index in [-0.39, 0.29) is 0 Å². The van der Waals surface area contributed by atoms with E-state index in [0.717, 1.165) is 31.1 Å². The molecule has 0 bridgehead atoms. The van der Waals surface area contributed by atoms with Crippen LogP contribution >= 0.6 is 0 Å². The molecule has 2 unspecified atom stereocenters. The van der Waals surface area contributed by atoms with Crippen LogP contribution in [0, 0.1) is 17.2 Å². The fourth-order valence-electron chi connectivity index (χ4n) is 3.19. The molecule has 0 spiro atoms.